The van der Waals surface area contributed by atoms with E-state index < -0.39 is 11.7 Å². The average molecular weight is 308 g/mol. The first kappa shape index (κ1) is 13.8. The smallest absolute Gasteiger partial charge is 0.305 e. The van der Waals surface area contributed by atoms with Gasteiger partial charge in [-0.3, -0.25) is 4.90 Å². The van der Waals surface area contributed by atoms with Gasteiger partial charge in [-0.1, -0.05) is 0 Å². The van der Waals surface area contributed by atoms with E-state index in [-0.39, 0.29) is 0 Å². The summed E-state index contributed by atoms with van der Waals surface area (Å²) in [7, 11) is 0. The standard InChI is InChI=1S/C14H18F2N6/c1-14(15,16)13-18-17-11-4-5-12(19-22(11)13)21-8-7-20-6-2-3-10(20)9-21/h4-5,10H,2-3,6-9H2,1H3. The molecular weight excluding hydrogens is 290 g/mol. The molecule has 4 heterocycles. The van der Waals surface area contributed by atoms with E-state index in [1.165, 1.54) is 19.4 Å². The number of alkyl halides is 2. The normalized spacial score (nSPS) is 23.2. The maximum Gasteiger partial charge on any atom is 0.305 e. The summed E-state index contributed by atoms with van der Waals surface area (Å²) in [5.74, 6) is -2.76. The van der Waals surface area contributed by atoms with Gasteiger partial charge in [-0.15, -0.1) is 15.3 Å². The molecule has 2 aromatic rings. The molecule has 6 nitrogen and oxygen atoms in total. The van der Waals surface area contributed by atoms with E-state index in [2.05, 4.69) is 25.1 Å². The lowest BCUT2D eigenvalue weighted by molar-refractivity contribution is 0.00562. The molecule has 1 unspecified atom stereocenters. The van der Waals surface area contributed by atoms with Crippen LogP contribution >= 0.6 is 0 Å². The van der Waals surface area contributed by atoms with Crippen LogP contribution in [-0.2, 0) is 5.92 Å². The molecule has 2 fully saturated rings. The zero-order valence-electron chi connectivity index (χ0n) is 12.4. The highest BCUT2D eigenvalue weighted by Gasteiger charge is 2.33. The molecule has 2 aliphatic heterocycles. The number of anilines is 1. The summed E-state index contributed by atoms with van der Waals surface area (Å²) in [5, 5.41) is 11.7. The van der Waals surface area contributed by atoms with E-state index >= 15 is 0 Å². The zero-order valence-corrected chi connectivity index (χ0v) is 12.4. The first-order valence-electron chi connectivity index (χ1n) is 7.62. The fraction of sp³-hybridized carbons (Fsp3) is 0.643. The molecule has 2 saturated heterocycles. The van der Waals surface area contributed by atoms with Crippen molar-refractivity contribution in [2.24, 2.45) is 0 Å². The molecule has 1 atom stereocenters. The predicted octanol–water partition coefficient (Wildman–Crippen LogP) is 1.52. The van der Waals surface area contributed by atoms with Crippen LogP contribution in [0, 0.1) is 0 Å². The van der Waals surface area contributed by atoms with Gasteiger partial charge in [0.2, 0.25) is 5.82 Å². The van der Waals surface area contributed by atoms with Crippen LogP contribution in [0.4, 0.5) is 14.6 Å². The van der Waals surface area contributed by atoms with Crippen LogP contribution in [0.25, 0.3) is 5.65 Å². The van der Waals surface area contributed by atoms with Gasteiger partial charge in [-0.25, -0.2) is 0 Å². The third kappa shape index (κ3) is 2.22. The quantitative estimate of drug-likeness (QED) is 0.842. The highest BCUT2D eigenvalue weighted by Crippen LogP contribution is 2.27. The minimum atomic E-state index is -3.06. The molecule has 0 aliphatic carbocycles. The molecule has 2 aromatic heterocycles. The van der Waals surface area contributed by atoms with Crippen molar-refractivity contribution in [1.29, 1.82) is 0 Å². The predicted molar refractivity (Wildman–Crippen MR) is 77.2 cm³/mol. The fourth-order valence-electron chi connectivity index (χ4n) is 3.42. The van der Waals surface area contributed by atoms with Crippen LogP contribution in [0.2, 0.25) is 0 Å². The van der Waals surface area contributed by atoms with Crippen molar-refractivity contribution in [3.63, 3.8) is 0 Å². The van der Waals surface area contributed by atoms with Gasteiger partial charge in [-0.05, 0) is 31.5 Å². The lowest BCUT2D eigenvalue weighted by Gasteiger charge is -2.38. The Morgan fingerprint density at radius 3 is 2.86 bits per heavy atom. The second-order valence-electron chi connectivity index (χ2n) is 6.15. The maximum atomic E-state index is 13.6. The van der Waals surface area contributed by atoms with Crippen LogP contribution in [0.5, 0.6) is 0 Å². The summed E-state index contributed by atoms with van der Waals surface area (Å²) in [5.41, 5.74) is 0.347. The number of halogens is 2. The topological polar surface area (TPSA) is 49.6 Å². The molecule has 0 radical (unpaired) electrons. The molecule has 118 valence electrons. The Balaban J connectivity index is 1.67. The van der Waals surface area contributed by atoms with Crippen molar-refractivity contribution in [3.05, 3.63) is 18.0 Å². The monoisotopic (exact) mass is 308 g/mol. The van der Waals surface area contributed by atoms with Crippen molar-refractivity contribution < 1.29 is 8.78 Å². The van der Waals surface area contributed by atoms with E-state index in [1.54, 1.807) is 6.07 Å². The summed E-state index contributed by atoms with van der Waals surface area (Å²) in [6, 6.07) is 4.09. The number of aromatic nitrogens is 4. The molecule has 22 heavy (non-hydrogen) atoms. The molecule has 0 bridgehead atoms. The SMILES string of the molecule is CC(F)(F)c1nnc2ccc(N3CCN4CCCC4C3)nn12. The maximum absolute atomic E-state index is 13.6. The minimum absolute atomic E-state index is 0.347. The van der Waals surface area contributed by atoms with Crippen molar-refractivity contribution in [1.82, 2.24) is 24.7 Å². The number of fused-ring (bicyclic) bond motifs is 2. The molecular formula is C14H18F2N6. The molecule has 0 N–H and O–H groups in total. The van der Waals surface area contributed by atoms with E-state index in [1.807, 2.05) is 6.07 Å². The Hall–Kier alpha value is -1.83. The molecule has 0 aromatic carbocycles. The van der Waals surface area contributed by atoms with E-state index in [9.17, 15) is 8.78 Å². The van der Waals surface area contributed by atoms with Gasteiger partial charge >= 0.3 is 5.92 Å². The van der Waals surface area contributed by atoms with Crippen LogP contribution in [0.3, 0.4) is 0 Å². The van der Waals surface area contributed by atoms with Gasteiger partial charge in [0.25, 0.3) is 0 Å². The second kappa shape index (κ2) is 4.84. The molecule has 0 spiro atoms. The lowest BCUT2D eigenvalue weighted by atomic mass is 10.1. The third-order valence-corrected chi connectivity index (χ3v) is 4.55. The highest BCUT2D eigenvalue weighted by atomic mass is 19.3. The van der Waals surface area contributed by atoms with Crippen LogP contribution in [0.15, 0.2) is 12.1 Å². The summed E-state index contributed by atoms with van der Waals surface area (Å²) < 4.78 is 28.3. The van der Waals surface area contributed by atoms with Gasteiger partial charge < -0.3 is 4.90 Å². The number of hydrogen-bond donors (Lipinski definition) is 0. The Morgan fingerprint density at radius 1 is 1.18 bits per heavy atom. The number of rotatable bonds is 2. The molecule has 0 saturated carbocycles. The number of piperazine rings is 1. The van der Waals surface area contributed by atoms with Crippen molar-refractivity contribution in [2.75, 3.05) is 31.1 Å². The average Bonchev–Trinajstić information content (AvgIpc) is 3.11. The summed E-state index contributed by atoms with van der Waals surface area (Å²) in [6.07, 6.45) is 2.44. The van der Waals surface area contributed by atoms with E-state index in [4.69, 9.17) is 0 Å². The van der Waals surface area contributed by atoms with E-state index in [0.29, 0.717) is 17.5 Å². The summed E-state index contributed by atoms with van der Waals surface area (Å²) in [4.78, 5) is 4.67. The summed E-state index contributed by atoms with van der Waals surface area (Å²) >= 11 is 0. The largest absolute Gasteiger partial charge is 0.352 e. The van der Waals surface area contributed by atoms with Gasteiger partial charge in [0.05, 0.1) is 0 Å². The molecule has 2 aliphatic rings. The van der Waals surface area contributed by atoms with Crippen molar-refractivity contribution >= 4 is 11.5 Å². The lowest BCUT2D eigenvalue weighted by Crippen LogP contribution is -2.50. The first-order chi connectivity index (χ1) is 10.5. The van der Waals surface area contributed by atoms with Crippen LogP contribution in [-0.4, -0.2) is 56.9 Å². The van der Waals surface area contributed by atoms with Gasteiger partial charge in [-0.2, -0.15) is 13.3 Å². The van der Waals surface area contributed by atoms with Gasteiger partial charge in [0, 0.05) is 32.6 Å². The molecule has 0 amide bonds. The Bertz CT molecular complexity index is 694. The molecule has 4 rings (SSSR count). The second-order valence-corrected chi connectivity index (χ2v) is 6.15. The number of nitrogens with zero attached hydrogens (tertiary/aromatic N) is 6. The van der Waals surface area contributed by atoms with Gasteiger partial charge in [0.1, 0.15) is 5.82 Å². The fourth-order valence-corrected chi connectivity index (χ4v) is 3.42. The zero-order chi connectivity index (χ0) is 15.3. The minimum Gasteiger partial charge on any atom is -0.352 e. The first-order valence-corrected chi connectivity index (χ1v) is 7.62. The van der Waals surface area contributed by atoms with Crippen molar-refractivity contribution in [3.8, 4) is 0 Å². The molecule has 8 heteroatoms. The third-order valence-electron chi connectivity index (χ3n) is 4.55. The number of hydrogen-bond acceptors (Lipinski definition) is 5. The van der Waals surface area contributed by atoms with Crippen LogP contribution in [0.1, 0.15) is 25.6 Å². The van der Waals surface area contributed by atoms with E-state index in [0.717, 1.165) is 31.1 Å². The van der Waals surface area contributed by atoms with Crippen molar-refractivity contribution in [2.45, 2.75) is 31.7 Å². The summed E-state index contributed by atoms with van der Waals surface area (Å²) in [6.45, 7) is 4.76. The Morgan fingerprint density at radius 2 is 2.05 bits per heavy atom. The highest BCUT2D eigenvalue weighted by molar-refractivity contribution is 5.46. The Labute approximate surface area is 126 Å². The van der Waals surface area contributed by atoms with Gasteiger partial charge in [0.15, 0.2) is 5.65 Å². The van der Waals surface area contributed by atoms with Crippen LogP contribution < -0.4 is 4.90 Å². The Kier molecular flexibility index (Phi) is 3.04.